The second-order valence-corrected chi connectivity index (χ2v) is 11.8. The van der Waals surface area contributed by atoms with Crippen LogP contribution in [0.2, 0.25) is 0 Å². The largest absolute Gasteiger partial charge is 0.414 e. The minimum Gasteiger partial charge on any atom is -0.405 e. The number of para-hydroxylation sites is 4. The van der Waals surface area contributed by atoms with Crippen molar-refractivity contribution in [2.24, 2.45) is 0 Å². The van der Waals surface area contributed by atoms with Crippen molar-refractivity contribution in [3.63, 3.8) is 0 Å². The number of anilines is 3. The fourth-order valence-electron chi connectivity index (χ4n) is 7.32. The van der Waals surface area contributed by atoms with Gasteiger partial charge in [-0.05, 0) is 71.2 Å². The Bertz CT molecular complexity index is 2250. The molecule has 0 spiro atoms. The van der Waals surface area contributed by atoms with Crippen molar-refractivity contribution in [2.45, 2.75) is 5.92 Å². The molecular weight excluding hydrogens is 545 g/mol. The predicted molar refractivity (Wildman–Crippen MR) is 191 cm³/mol. The lowest BCUT2D eigenvalue weighted by Crippen LogP contribution is -2.56. The van der Waals surface area contributed by atoms with E-state index in [1.807, 2.05) is 0 Å². The summed E-state index contributed by atoms with van der Waals surface area (Å²) in [5.41, 5.74) is 12.2. The molecule has 6 aromatic carbocycles. The number of allylic oxidation sites excluding steroid dienone is 4. The molecule has 0 amide bonds. The number of hydrogen-bond donors (Lipinski definition) is 1. The van der Waals surface area contributed by atoms with Crippen LogP contribution in [-0.2, 0) is 0 Å². The van der Waals surface area contributed by atoms with Gasteiger partial charge in [0.2, 0.25) is 0 Å². The number of benzene rings is 6. The normalized spacial score (nSPS) is 13.9. The lowest BCUT2D eigenvalue weighted by atomic mass is 9.57. The van der Waals surface area contributed by atoms with E-state index in [1.54, 1.807) is 0 Å². The van der Waals surface area contributed by atoms with Gasteiger partial charge in [0, 0.05) is 45.0 Å². The summed E-state index contributed by atoms with van der Waals surface area (Å²) in [5, 5.41) is 6.47. The van der Waals surface area contributed by atoms with Crippen LogP contribution >= 0.6 is 0 Å². The third-order valence-corrected chi connectivity index (χ3v) is 9.26. The standard InChI is InChI=1S/C41H30BN3/c1-3-16-30(17-4-1)43-42-41-33(29-14-7-8-15-29)22-13-23-36(41)34-20-10-12-25-40(34)45(42)32-26-27-39-37(28-32)35-21-9-11-24-38(35)44(39)31-18-5-2-6-19-31/h1-29,43H. The summed E-state index contributed by atoms with van der Waals surface area (Å²) in [4.78, 5) is 2.50. The van der Waals surface area contributed by atoms with Crippen molar-refractivity contribution < 1.29 is 0 Å². The first-order valence-corrected chi connectivity index (χ1v) is 15.6. The topological polar surface area (TPSA) is 20.2 Å². The Labute approximate surface area is 263 Å². The summed E-state index contributed by atoms with van der Waals surface area (Å²) in [7, 11) is 0. The lowest BCUT2D eigenvalue weighted by Gasteiger charge is -2.40. The molecule has 0 fully saturated rings. The molecule has 0 atom stereocenters. The minimum atomic E-state index is -0.129. The van der Waals surface area contributed by atoms with E-state index in [4.69, 9.17) is 0 Å². The molecule has 2 heterocycles. The van der Waals surface area contributed by atoms with Crippen molar-refractivity contribution in [3.8, 4) is 16.8 Å². The number of rotatable bonds is 5. The SMILES string of the molecule is C1=CC(c2cccc3c2B(Nc2ccccc2)N(c2ccc4c(c2)c2ccccc2n4-c2ccccc2)c2ccccc2-3)C=C1. The van der Waals surface area contributed by atoms with Crippen LogP contribution < -0.4 is 15.5 Å². The van der Waals surface area contributed by atoms with E-state index in [1.165, 1.54) is 55.3 Å². The fraction of sp³-hybridized carbons (Fsp3) is 0.0244. The van der Waals surface area contributed by atoms with Gasteiger partial charge in [0.15, 0.2) is 0 Å². The second kappa shape index (κ2) is 10.5. The zero-order chi connectivity index (χ0) is 29.7. The van der Waals surface area contributed by atoms with Gasteiger partial charge in [-0.3, -0.25) is 0 Å². The molecule has 4 heteroatoms. The first-order chi connectivity index (χ1) is 22.3. The lowest BCUT2D eigenvalue weighted by molar-refractivity contribution is 1.11. The van der Waals surface area contributed by atoms with Crippen LogP contribution in [0.15, 0.2) is 170 Å². The molecular formula is C41H30BN3. The summed E-state index contributed by atoms with van der Waals surface area (Å²) in [6, 6.07) is 52.6. The molecule has 0 radical (unpaired) electrons. The summed E-state index contributed by atoms with van der Waals surface area (Å²) in [6.45, 7) is -0.129. The van der Waals surface area contributed by atoms with Crippen molar-refractivity contribution in [3.05, 3.63) is 175 Å². The van der Waals surface area contributed by atoms with E-state index in [9.17, 15) is 0 Å². The van der Waals surface area contributed by atoms with Crippen LogP contribution in [0, 0.1) is 0 Å². The van der Waals surface area contributed by atoms with Gasteiger partial charge >= 0.3 is 6.98 Å². The van der Waals surface area contributed by atoms with Crippen molar-refractivity contribution in [2.75, 3.05) is 10.0 Å². The molecule has 1 aliphatic heterocycles. The highest BCUT2D eigenvalue weighted by Crippen LogP contribution is 2.43. The molecule has 1 aliphatic carbocycles. The van der Waals surface area contributed by atoms with Gasteiger partial charge in [0.1, 0.15) is 0 Å². The average Bonchev–Trinajstić information content (AvgIpc) is 3.76. The smallest absolute Gasteiger partial charge is 0.405 e. The molecule has 0 saturated heterocycles. The van der Waals surface area contributed by atoms with E-state index in [0.29, 0.717) is 0 Å². The van der Waals surface area contributed by atoms with E-state index < -0.39 is 0 Å². The maximum Gasteiger partial charge on any atom is 0.414 e. The third kappa shape index (κ3) is 4.14. The number of nitrogens with zero attached hydrogens (tertiary/aromatic N) is 2. The molecule has 7 aromatic rings. The van der Waals surface area contributed by atoms with E-state index in [-0.39, 0.29) is 12.9 Å². The number of fused-ring (bicyclic) bond motifs is 6. The Morgan fingerprint density at radius 2 is 1.22 bits per heavy atom. The monoisotopic (exact) mass is 575 g/mol. The highest BCUT2D eigenvalue weighted by molar-refractivity contribution is 6.83. The maximum atomic E-state index is 3.98. The van der Waals surface area contributed by atoms with Crippen molar-refractivity contribution in [1.29, 1.82) is 0 Å². The third-order valence-electron chi connectivity index (χ3n) is 9.26. The molecule has 212 valence electrons. The van der Waals surface area contributed by atoms with Gasteiger partial charge in [-0.25, -0.2) is 0 Å². The molecule has 1 N–H and O–H groups in total. The van der Waals surface area contributed by atoms with Crippen molar-refractivity contribution >= 4 is 51.3 Å². The zero-order valence-corrected chi connectivity index (χ0v) is 24.7. The highest BCUT2D eigenvalue weighted by atomic mass is 15.2. The molecule has 9 rings (SSSR count). The Morgan fingerprint density at radius 3 is 2.07 bits per heavy atom. The van der Waals surface area contributed by atoms with Crippen molar-refractivity contribution in [1.82, 2.24) is 4.57 Å². The van der Waals surface area contributed by atoms with Gasteiger partial charge < -0.3 is 14.6 Å². The van der Waals surface area contributed by atoms with Crippen LogP contribution in [0.5, 0.6) is 0 Å². The van der Waals surface area contributed by atoms with Gasteiger partial charge in [-0.1, -0.05) is 115 Å². The number of nitrogens with one attached hydrogen (secondary N) is 1. The van der Waals surface area contributed by atoms with Crippen LogP contribution in [0.4, 0.5) is 17.1 Å². The van der Waals surface area contributed by atoms with Gasteiger partial charge in [0.25, 0.3) is 0 Å². The van der Waals surface area contributed by atoms with Gasteiger partial charge in [-0.15, -0.1) is 0 Å². The van der Waals surface area contributed by atoms with Crippen LogP contribution in [0.3, 0.4) is 0 Å². The van der Waals surface area contributed by atoms with Crippen LogP contribution in [0.25, 0.3) is 38.6 Å². The molecule has 0 bridgehead atoms. The minimum absolute atomic E-state index is 0.129. The Morgan fingerprint density at radius 1 is 0.533 bits per heavy atom. The fourth-order valence-corrected chi connectivity index (χ4v) is 7.32. The second-order valence-electron chi connectivity index (χ2n) is 11.8. The molecule has 0 saturated carbocycles. The first-order valence-electron chi connectivity index (χ1n) is 15.6. The Hall–Kier alpha value is -5.74. The van der Waals surface area contributed by atoms with Gasteiger partial charge in [0.05, 0.1) is 11.0 Å². The number of hydrogen-bond acceptors (Lipinski definition) is 2. The Kier molecular flexibility index (Phi) is 5.98. The molecule has 2 aliphatic rings. The van der Waals surface area contributed by atoms with Crippen LogP contribution in [-0.4, -0.2) is 11.5 Å². The van der Waals surface area contributed by atoms with E-state index in [0.717, 1.165) is 11.4 Å². The maximum absolute atomic E-state index is 3.98. The Balaban J connectivity index is 1.31. The summed E-state index contributed by atoms with van der Waals surface area (Å²) in [5.74, 6) is 0.235. The molecule has 3 nitrogen and oxygen atoms in total. The van der Waals surface area contributed by atoms with E-state index in [2.05, 4.69) is 185 Å². The summed E-state index contributed by atoms with van der Waals surface area (Å²) >= 11 is 0. The molecule has 1 aromatic heterocycles. The first kappa shape index (κ1) is 25.7. The molecule has 45 heavy (non-hydrogen) atoms. The quantitative estimate of drug-likeness (QED) is 0.206. The van der Waals surface area contributed by atoms with Crippen LogP contribution in [0.1, 0.15) is 11.5 Å². The highest BCUT2D eigenvalue weighted by Gasteiger charge is 2.39. The summed E-state index contributed by atoms with van der Waals surface area (Å²) in [6.07, 6.45) is 8.92. The van der Waals surface area contributed by atoms with Gasteiger partial charge in [-0.2, -0.15) is 0 Å². The summed E-state index contributed by atoms with van der Waals surface area (Å²) < 4.78 is 2.38. The molecule has 0 unspecified atom stereocenters. The predicted octanol–water partition coefficient (Wildman–Crippen LogP) is 9.62. The van der Waals surface area contributed by atoms with E-state index >= 15 is 0 Å². The number of aromatic nitrogens is 1. The average molecular weight is 576 g/mol. The zero-order valence-electron chi connectivity index (χ0n) is 24.7.